The topological polar surface area (TPSA) is 75.3 Å². The van der Waals surface area contributed by atoms with Gasteiger partial charge in [-0.15, -0.1) is 0 Å². The largest absolute Gasteiger partial charge is 0.348 e. The van der Waals surface area contributed by atoms with Crippen LogP contribution in [-0.4, -0.2) is 20.6 Å². The molecule has 0 radical (unpaired) electrons. The molecule has 0 spiro atoms. The van der Waals surface area contributed by atoms with Gasteiger partial charge in [-0.25, -0.2) is 8.42 Å². The molecule has 0 fully saturated rings. The Hall–Kier alpha value is -2.34. The van der Waals surface area contributed by atoms with E-state index in [4.69, 9.17) is 0 Å². The Balaban J connectivity index is 2.05. The SMILES string of the molecule is Cc1cccc(CNC(=O)c2cccc(NS(C)(=O)=O)c2)c1. The summed E-state index contributed by atoms with van der Waals surface area (Å²) in [7, 11) is -3.36. The molecule has 0 saturated carbocycles. The first-order valence-electron chi connectivity index (χ1n) is 6.75. The Labute approximate surface area is 130 Å². The van der Waals surface area contributed by atoms with Crippen molar-refractivity contribution in [1.29, 1.82) is 0 Å². The fraction of sp³-hybridized carbons (Fsp3) is 0.188. The smallest absolute Gasteiger partial charge is 0.251 e. The quantitative estimate of drug-likeness (QED) is 0.888. The summed E-state index contributed by atoms with van der Waals surface area (Å²) >= 11 is 0. The van der Waals surface area contributed by atoms with Gasteiger partial charge in [0.25, 0.3) is 5.91 Å². The summed E-state index contributed by atoms with van der Waals surface area (Å²) in [6.45, 7) is 2.41. The molecule has 2 rings (SSSR count). The number of hydrogen-bond donors (Lipinski definition) is 2. The Morgan fingerprint density at radius 2 is 1.82 bits per heavy atom. The van der Waals surface area contributed by atoms with Gasteiger partial charge in [-0.1, -0.05) is 35.9 Å². The lowest BCUT2D eigenvalue weighted by Gasteiger charge is -2.08. The summed E-state index contributed by atoms with van der Waals surface area (Å²) in [5.41, 5.74) is 2.91. The number of anilines is 1. The number of sulfonamides is 1. The number of nitrogens with one attached hydrogen (secondary N) is 2. The van der Waals surface area contributed by atoms with Crippen LogP contribution in [0.25, 0.3) is 0 Å². The minimum absolute atomic E-state index is 0.251. The first-order chi connectivity index (χ1) is 10.3. The van der Waals surface area contributed by atoms with Crippen LogP contribution < -0.4 is 10.0 Å². The average molecular weight is 318 g/mol. The summed E-state index contributed by atoms with van der Waals surface area (Å²) in [5, 5.41) is 2.82. The predicted octanol–water partition coefficient (Wildman–Crippen LogP) is 2.30. The maximum atomic E-state index is 12.1. The van der Waals surface area contributed by atoms with Gasteiger partial charge in [0.05, 0.1) is 6.26 Å². The van der Waals surface area contributed by atoms with Crippen molar-refractivity contribution >= 4 is 21.6 Å². The molecule has 5 nitrogen and oxygen atoms in total. The van der Waals surface area contributed by atoms with Crippen molar-refractivity contribution in [3.05, 3.63) is 65.2 Å². The molecule has 2 aromatic rings. The second-order valence-corrected chi connectivity index (χ2v) is 6.88. The number of carbonyl (C=O) groups excluding carboxylic acids is 1. The molecule has 0 unspecified atom stereocenters. The first-order valence-corrected chi connectivity index (χ1v) is 8.64. The Morgan fingerprint density at radius 1 is 1.09 bits per heavy atom. The molecule has 0 saturated heterocycles. The maximum absolute atomic E-state index is 12.1. The predicted molar refractivity (Wildman–Crippen MR) is 87.3 cm³/mol. The number of amides is 1. The molecule has 0 bridgehead atoms. The molecule has 116 valence electrons. The highest BCUT2D eigenvalue weighted by molar-refractivity contribution is 7.92. The van der Waals surface area contributed by atoms with Crippen LogP contribution in [0, 0.1) is 6.92 Å². The van der Waals surface area contributed by atoms with Crippen LogP contribution in [0.1, 0.15) is 21.5 Å². The van der Waals surface area contributed by atoms with Crippen molar-refractivity contribution in [1.82, 2.24) is 5.32 Å². The zero-order valence-electron chi connectivity index (χ0n) is 12.5. The standard InChI is InChI=1S/C16H18N2O3S/c1-12-5-3-6-13(9-12)11-17-16(19)14-7-4-8-15(10-14)18-22(2,20)21/h3-10,18H,11H2,1-2H3,(H,17,19). The number of benzene rings is 2. The van der Waals surface area contributed by atoms with E-state index in [1.54, 1.807) is 18.2 Å². The van der Waals surface area contributed by atoms with Crippen LogP contribution in [0.5, 0.6) is 0 Å². The van der Waals surface area contributed by atoms with Gasteiger partial charge in [0.2, 0.25) is 10.0 Å². The Kier molecular flexibility index (Phi) is 4.82. The van der Waals surface area contributed by atoms with E-state index >= 15 is 0 Å². The van der Waals surface area contributed by atoms with E-state index < -0.39 is 10.0 Å². The average Bonchev–Trinajstić information content (AvgIpc) is 2.43. The van der Waals surface area contributed by atoms with E-state index in [9.17, 15) is 13.2 Å². The van der Waals surface area contributed by atoms with Gasteiger partial charge in [-0.05, 0) is 30.7 Å². The van der Waals surface area contributed by atoms with Crippen LogP contribution in [0.3, 0.4) is 0 Å². The zero-order valence-corrected chi connectivity index (χ0v) is 13.3. The van der Waals surface area contributed by atoms with Gasteiger partial charge >= 0.3 is 0 Å². The summed E-state index contributed by atoms with van der Waals surface area (Å²) in [5.74, 6) is -0.251. The van der Waals surface area contributed by atoms with Crippen molar-refractivity contribution in [3.8, 4) is 0 Å². The highest BCUT2D eigenvalue weighted by Gasteiger charge is 2.08. The van der Waals surface area contributed by atoms with E-state index in [0.29, 0.717) is 17.8 Å². The van der Waals surface area contributed by atoms with Crippen LogP contribution in [0.4, 0.5) is 5.69 Å². The lowest BCUT2D eigenvalue weighted by atomic mass is 10.1. The first kappa shape index (κ1) is 16.0. The van der Waals surface area contributed by atoms with Crippen molar-refractivity contribution in [2.45, 2.75) is 13.5 Å². The van der Waals surface area contributed by atoms with Gasteiger partial charge < -0.3 is 5.32 Å². The van der Waals surface area contributed by atoms with Gasteiger partial charge in [-0.2, -0.15) is 0 Å². The molecule has 2 aromatic carbocycles. The van der Waals surface area contributed by atoms with Crippen LogP contribution >= 0.6 is 0 Å². The highest BCUT2D eigenvalue weighted by atomic mass is 32.2. The maximum Gasteiger partial charge on any atom is 0.251 e. The summed E-state index contributed by atoms with van der Waals surface area (Å²) < 4.78 is 24.8. The molecule has 0 atom stereocenters. The van der Waals surface area contributed by atoms with Crippen molar-refractivity contribution in [2.24, 2.45) is 0 Å². The van der Waals surface area contributed by atoms with Gasteiger partial charge in [0.15, 0.2) is 0 Å². The van der Waals surface area contributed by atoms with Gasteiger partial charge in [0, 0.05) is 17.8 Å². The third-order valence-electron chi connectivity index (χ3n) is 2.96. The minimum Gasteiger partial charge on any atom is -0.348 e. The fourth-order valence-electron chi connectivity index (χ4n) is 2.04. The van der Waals surface area contributed by atoms with E-state index in [1.165, 1.54) is 6.07 Å². The molecule has 1 amide bonds. The van der Waals surface area contributed by atoms with Crippen molar-refractivity contribution in [3.63, 3.8) is 0 Å². The van der Waals surface area contributed by atoms with Crippen LogP contribution in [-0.2, 0) is 16.6 Å². The third kappa shape index (κ3) is 4.89. The van der Waals surface area contributed by atoms with E-state index in [-0.39, 0.29) is 5.91 Å². The summed E-state index contributed by atoms with van der Waals surface area (Å²) in [4.78, 5) is 12.1. The molecule has 0 aromatic heterocycles. The van der Waals surface area contributed by atoms with Crippen LogP contribution in [0.2, 0.25) is 0 Å². The summed E-state index contributed by atoms with van der Waals surface area (Å²) in [6.07, 6.45) is 1.07. The molecule has 0 aliphatic heterocycles. The van der Waals surface area contributed by atoms with Crippen molar-refractivity contribution < 1.29 is 13.2 Å². The zero-order chi connectivity index (χ0) is 16.2. The third-order valence-corrected chi connectivity index (χ3v) is 3.57. The molecule has 6 heteroatoms. The normalized spacial score (nSPS) is 11.0. The molecular weight excluding hydrogens is 300 g/mol. The Morgan fingerprint density at radius 3 is 2.50 bits per heavy atom. The molecule has 0 aliphatic rings. The molecular formula is C16H18N2O3S. The van der Waals surface area contributed by atoms with E-state index in [1.807, 2.05) is 31.2 Å². The van der Waals surface area contributed by atoms with Gasteiger partial charge in [-0.3, -0.25) is 9.52 Å². The number of carbonyl (C=O) groups is 1. The number of hydrogen-bond acceptors (Lipinski definition) is 3. The lowest BCUT2D eigenvalue weighted by molar-refractivity contribution is 0.0951. The second kappa shape index (κ2) is 6.62. The van der Waals surface area contributed by atoms with Gasteiger partial charge in [0.1, 0.15) is 0 Å². The number of rotatable bonds is 5. The van der Waals surface area contributed by atoms with Crippen molar-refractivity contribution in [2.75, 3.05) is 11.0 Å². The molecule has 22 heavy (non-hydrogen) atoms. The van der Waals surface area contributed by atoms with E-state index in [2.05, 4.69) is 10.0 Å². The molecule has 0 heterocycles. The number of aryl methyl sites for hydroxylation is 1. The minimum atomic E-state index is -3.36. The Bertz CT molecular complexity index is 785. The molecule has 2 N–H and O–H groups in total. The second-order valence-electron chi connectivity index (χ2n) is 5.13. The monoisotopic (exact) mass is 318 g/mol. The van der Waals surface area contributed by atoms with E-state index in [0.717, 1.165) is 17.4 Å². The fourth-order valence-corrected chi connectivity index (χ4v) is 2.60. The lowest BCUT2D eigenvalue weighted by Crippen LogP contribution is -2.23. The molecule has 0 aliphatic carbocycles. The summed E-state index contributed by atoms with van der Waals surface area (Å²) in [6, 6.07) is 14.2. The van der Waals surface area contributed by atoms with Crippen LogP contribution in [0.15, 0.2) is 48.5 Å². The highest BCUT2D eigenvalue weighted by Crippen LogP contribution is 2.12.